The summed E-state index contributed by atoms with van der Waals surface area (Å²) in [7, 11) is -9.70. The molecule has 2 unspecified atom stereocenters. The molecule has 0 aromatic rings. The van der Waals surface area contributed by atoms with E-state index in [1.54, 1.807) is 0 Å². The van der Waals surface area contributed by atoms with Crippen molar-refractivity contribution in [3.05, 3.63) is 0 Å². The molecule has 180 valence electrons. The van der Waals surface area contributed by atoms with E-state index < -0.39 is 15.6 Å². The normalized spacial score (nSPS) is 20.9. The van der Waals surface area contributed by atoms with E-state index in [1.807, 2.05) is 0 Å². The Balaban J connectivity index is 1.75. The molecule has 30 heavy (non-hydrogen) atoms. The number of rotatable bonds is 21. The third-order valence-electron chi connectivity index (χ3n) is 5.69. The van der Waals surface area contributed by atoms with E-state index in [2.05, 4.69) is 15.8 Å². The first-order chi connectivity index (χ1) is 14.2. The molecule has 10 heteroatoms. The minimum atomic E-state index is -5.03. The van der Waals surface area contributed by atoms with Gasteiger partial charge in [0.15, 0.2) is 0 Å². The molecule has 1 rings (SSSR count). The summed E-state index contributed by atoms with van der Waals surface area (Å²) in [4.78, 5) is 26.1. The average molecular weight is 472 g/mol. The zero-order valence-electron chi connectivity index (χ0n) is 18.5. The fraction of sp³-hybridized carbons (Fsp3) is 1.00. The lowest BCUT2D eigenvalue weighted by molar-refractivity contribution is 0.175. The summed E-state index contributed by atoms with van der Waals surface area (Å²) < 4.78 is 35.6. The third-order valence-corrected chi connectivity index (χ3v) is 7.87. The monoisotopic (exact) mass is 472 g/mol. The van der Waals surface area contributed by atoms with Gasteiger partial charge in [0.05, 0.1) is 18.8 Å². The van der Waals surface area contributed by atoms with E-state index in [0.29, 0.717) is 6.42 Å². The molecule has 0 amide bonds. The van der Waals surface area contributed by atoms with Crippen LogP contribution >= 0.6 is 15.6 Å². The predicted octanol–water partition coefficient (Wildman–Crippen LogP) is 6.24. The van der Waals surface area contributed by atoms with Crippen LogP contribution in [0.2, 0.25) is 0 Å². The van der Waals surface area contributed by atoms with Crippen LogP contribution in [0.25, 0.3) is 0 Å². The first-order valence-corrected chi connectivity index (χ1v) is 14.6. The van der Waals surface area contributed by atoms with Gasteiger partial charge in [0, 0.05) is 0 Å². The number of phosphoric ester groups is 1. The van der Waals surface area contributed by atoms with Gasteiger partial charge < -0.3 is 19.4 Å². The second-order valence-electron chi connectivity index (χ2n) is 8.40. The van der Waals surface area contributed by atoms with Gasteiger partial charge in [-0.15, -0.1) is 0 Å². The SMILES string of the molecule is CCC1(CCCCCCCCCCCCCCCCOP(=O)(O)OP(=O)(O)O)CO1. The van der Waals surface area contributed by atoms with Crippen molar-refractivity contribution in [2.75, 3.05) is 13.2 Å². The lowest BCUT2D eigenvalue weighted by Gasteiger charge is -2.12. The molecule has 1 aliphatic rings. The van der Waals surface area contributed by atoms with Crippen LogP contribution in [0.15, 0.2) is 0 Å². The van der Waals surface area contributed by atoms with Crippen LogP contribution in [-0.2, 0) is 22.7 Å². The smallest absolute Gasteiger partial charge is 0.370 e. The molecule has 0 spiro atoms. The maximum Gasteiger partial charge on any atom is 0.481 e. The lowest BCUT2D eigenvalue weighted by atomic mass is 9.98. The minimum absolute atomic E-state index is 0.0545. The maximum atomic E-state index is 11.2. The van der Waals surface area contributed by atoms with Gasteiger partial charge in [-0.2, -0.15) is 4.31 Å². The van der Waals surface area contributed by atoms with Crippen LogP contribution < -0.4 is 0 Å². The topological polar surface area (TPSA) is 126 Å². The van der Waals surface area contributed by atoms with Crippen LogP contribution in [-0.4, -0.2) is 33.5 Å². The Labute approximate surface area is 181 Å². The molecule has 8 nitrogen and oxygen atoms in total. The molecule has 0 radical (unpaired) electrons. The number of epoxide rings is 1. The van der Waals surface area contributed by atoms with E-state index in [1.165, 1.54) is 70.6 Å². The Morgan fingerprint density at radius 2 is 1.17 bits per heavy atom. The van der Waals surface area contributed by atoms with Crippen molar-refractivity contribution in [3.8, 4) is 0 Å². The second-order valence-corrected chi connectivity index (χ2v) is 11.2. The van der Waals surface area contributed by atoms with Crippen molar-refractivity contribution in [1.82, 2.24) is 0 Å². The molecule has 3 N–H and O–H groups in total. The van der Waals surface area contributed by atoms with Crippen LogP contribution in [0.1, 0.15) is 110 Å². The molecule has 0 aromatic heterocycles. The van der Waals surface area contributed by atoms with Crippen molar-refractivity contribution in [3.63, 3.8) is 0 Å². The highest BCUT2D eigenvalue weighted by molar-refractivity contribution is 7.60. The number of unbranched alkanes of at least 4 members (excludes halogenated alkanes) is 13. The van der Waals surface area contributed by atoms with Gasteiger partial charge in [-0.3, -0.25) is 4.52 Å². The Kier molecular flexibility index (Phi) is 14.2. The summed E-state index contributed by atoms with van der Waals surface area (Å²) in [6.45, 7) is 3.14. The fourth-order valence-electron chi connectivity index (χ4n) is 3.64. The third kappa shape index (κ3) is 15.9. The van der Waals surface area contributed by atoms with Crippen LogP contribution in [0.3, 0.4) is 0 Å². The zero-order valence-corrected chi connectivity index (χ0v) is 20.3. The highest BCUT2D eigenvalue weighted by Gasteiger charge is 2.41. The summed E-state index contributed by atoms with van der Waals surface area (Å²) in [5.74, 6) is 0. The molecular weight excluding hydrogens is 430 g/mol. The van der Waals surface area contributed by atoms with Gasteiger partial charge in [-0.1, -0.05) is 90.4 Å². The lowest BCUT2D eigenvalue weighted by Crippen LogP contribution is -2.08. The highest BCUT2D eigenvalue weighted by atomic mass is 31.3. The van der Waals surface area contributed by atoms with Gasteiger partial charge in [0.2, 0.25) is 0 Å². The number of hydrogen-bond donors (Lipinski definition) is 3. The molecule has 0 aromatic carbocycles. The zero-order chi connectivity index (χ0) is 22.3. The fourth-order valence-corrected chi connectivity index (χ4v) is 5.26. The molecule has 0 saturated carbocycles. The first kappa shape index (κ1) is 28.3. The summed E-state index contributed by atoms with van der Waals surface area (Å²) >= 11 is 0. The molecule has 0 bridgehead atoms. The molecule has 1 aliphatic heterocycles. The first-order valence-electron chi connectivity index (χ1n) is 11.6. The van der Waals surface area contributed by atoms with Gasteiger partial charge in [0.1, 0.15) is 0 Å². The van der Waals surface area contributed by atoms with E-state index in [-0.39, 0.29) is 12.2 Å². The molecular formula is C20H42O8P2. The Morgan fingerprint density at radius 3 is 1.53 bits per heavy atom. The molecule has 2 atom stereocenters. The van der Waals surface area contributed by atoms with Crippen molar-refractivity contribution in [2.45, 2.75) is 115 Å². The van der Waals surface area contributed by atoms with Crippen molar-refractivity contribution < 1.29 is 37.4 Å². The van der Waals surface area contributed by atoms with Gasteiger partial charge in [-0.25, -0.2) is 9.13 Å². The predicted molar refractivity (Wildman–Crippen MR) is 117 cm³/mol. The number of phosphoric acid groups is 2. The van der Waals surface area contributed by atoms with E-state index in [4.69, 9.17) is 19.4 Å². The molecule has 1 saturated heterocycles. The summed E-state index contributed by atoms with van der Waals surface area (Å²) in [5.41, 5.74) is 0.264. The standard InChI is InChI=1S/C20H42O8P2/c1-2-20(19-26-20)17-15-13-11-9-7-5-3-4-6-8-10-12-14-16-18-27-30(24,25)28-29(21,22)23/h2-19H2,1H3,(H,24,25)(H2,21,22,23). The summed E-state index contributed by atoms with van der Waals surface area (Å²) in [6.07, 6.45) is 19.0. The molecule has 1 fully saturated rings. The van der Waals surface area contributed by atoms with Crippen molar-refractivity contribution >= 4 is 15.6 Å². The van der Waals surface area contributed by atoms with Crippen LogP contribution in [0, 0.1) is 0 Å². The Hall–Kier alpha value is 0.220. The molecule has 1 heterocycles. The Morgan fingerprint density at radius 1 is 0.767 bits per heavy atom. The van der Waals surface area contributed by atoms with Crippen LogP contribution in [0.4, 0.5) is 0 Å². The van der Waals surface area contributed by atoms with Crippen molar-refractivity contribution in [1.29, 1.82) is 0 Å². The molecule has 0 aliphatic carbocycles. The van der Waals surface area contributed by atoms with E-state index >= 15 is 0 Å². The summed E-state index contributed by atoms with van der Waals surface area (Å²) in [6, 6.07) is 0. The highest BCUT2D eigenvalue weighted by Crippen LogP contribution is 2.57. The quantitative estimate of drug-likeness (QED) is 0.102. The van der Waals surface area contributed by atoms with E-state index in [9.17, 15) is 9.13 Å². The minimum Gasteiger partial charge on any atom is -0.370 e. The maximum absolute atomic E-state index is 11.2. The van der Waals surface area contributed by atoms with Crippen molar-refractivity contribution in [2.24, 2.45) is 0 Å². The van der Waals surface area contributed by atoms with Gasteiger partial charge in [-0.05, 0) is 19.3 Å². The van der Waals surface area contributed by atoms with Gasteiger partial charge in [0.25, 0.3) is 0 Å². The summed E-state index contributed by atoms with van der Waals surface area (Å²) in [5, 5.41) is 0. The average Bonchev–Trinajstić information content (AvgIpc) is 3.42. The van der Waals surface area contributed by atoms with Crippen LogP contribution in [0.5, 0.6) is 0 Å². The largest absolute Gasteiger partial charge is 0.481 e. The number of hydrogen-bond acceptors (Lipinski definition) is 5. The Bertz CT molecular complexity index is 533. The van der Waals surface area contributed by atoms with Gasteiger partial charge >= 0.3 is 15.6 Å². The second kappa shape index (κ2) is 15.1. The number of ether oxygens (including phenoxy) is 1. The van der Waals surface area contributed by atoms with E-state index in [0.717, 1.165) is 32.3 Å².